The van der Waals surface area contributed by atoms with Gasteiger partial charge < -0.3 is 19.0 Å². The second kappa shape index (κ2) is 8.60. The Kier molecular flexibility index (Phi) is 5.78. The fourth-order valence-corrected chi connectivity index (χ4v) is 2.43. The molecule has 0 unspecified atom stereocenters. The first-order valence-corrected chi connectivity index (χ1v) is 8.40. The van der Waals surface area contributed by atoms with Crippen LogP contribution in [0.3, 0.4) is 0 Å². The van der Waals surface area contributed by atoms with Crippen molar-refractivity contribution in [3.05, 3.63) is 83.3 Å². The van der Waals surface area contributed by atoms with Crippen LogP contribution in [-0.4, -0.2) is 18.0 Å². The van der Waals surface area contributed by atoms with Crippen LogP contribution in [0.2, 0.25) is 0 Å². The van der Waals surface area contributed by atoms with E-state index in [0.29, 0.717) is 28.4 Å². The first-order chi connectivity index (χ1) is 13.6. The number of methoxy groups -OCH3 is 1. The molecule has 0 radical (unpaired) electrons. The number of allylic oxidation sites excluding steroid dienone is 1. The van der Waals surface area contributed by atoms with E-state index in [1.54, 1.807) is 42.5 Å². The highest BCUT2D eigenvalue weighted by Gasteiger charge is 2.08. The van der Waals surface area contributed by atoms with Crippen LogP contribution in [-0.2, 0) is 6.61 Å². The molecule has 140 valence electrons. The van der Waals surface area contributed by atoms with Gasteiger partial charge in [-0.25, -0.2) is 0 Å². The summed E-state index contributed by atoms with van der Waals surface area (Å²) in [5.41, 5.74) is 0.954. The minimum absolute atomic E-state index is 0.0269. The molecule has 0 saturated heterocycles. The number of carbonyl (C=O) groups is 1. The number of rotatable bonds is 7. The molecule has 1 aromatic heterocycles. The fraction of sp³-hybridized carbons (Fsp3) is 0.0909. The lowest BCUT2D eigenvalue weighted by molar-refractivity contribution is 0.104. The zero-order chi connectivity index (χ0) is 19.9. The number of hydrogen-bond donors (Lipinski definition) is 1. The maximum atomic E-state index is 12.3. The van der Waals surface area contributed by atoms with Crippen molar-refractivity contribution in [2.75, 3.05) is 7.11 Å². The number of ether oxygens (including phenoxy) is 2. The van der Waals surface area contributed by atoms with Gasteiger partial charge in [0.15, 0.2) is 17.3 Å². The van der Waals surface area contributed by atoms with Crippen molar-refractivity contribution in [2.24, 2.45) is 0 Å². The summed E-state index contributed by atoms with van der Waals surface area (Å²) in [6.45, 7) is 0.225. The van der Waals surface area contributed by atoms with Gasteiger partial charge in [0, 0.05) is 5.56 Å². The smallest absolute Gasteiger partial charge is 0.186 e. The van der Waals surface area contributed by atoms with Crippen LogP contribution in [0.4, 0.5) is 0 Å². The average molecular weight is 375 g/mol. The first kappa shape index (κ1) is 18.8. The molecule has 0 aliphatic rings. The lowest BCUT2D eigenvalue weighted by Gasteiger charge is -2.04. The average Bonchev–Trinajstić information content (AvgIpc) is 3.19. The predicted molar refractivity (Wildman–Crippen MR) is 102 cm³/mol. The van der Waals surface area contributed by atoms with E-state index in [0.717, 1.165) is 0 Å². The molecule has 3 aromatic rings. The van der Waals surface area contributed by atoms with Crippen LogP contribution in [0.25, 0.3) is 6.08 Å². The Bertz CT molecular complexity index is 1040. The summed E-state index contributed by atoms with van der Waals surface area (Å²) in [4.78, 5) is 12.3. The SMILES string of the molecule is COc1cc(C(=O)/C=C/c2ccc(COc3ccc(C#N)cc3)o2)ccc1O. The minimum atomic E-state index is -0.245. The second-order valence-corrected chi connectivity index (χ2v) is 5.81. The summed E-state index contributed by atoms with van der Waals surface area (Å²) in [7, 11) is 1.42. The first-order valence-electron chi connectivity index (χ1n) is 8.40. The monoisotopic (exact) mass is 375 g/mol. The summed E-state index contributed by atoms with van der Waals surface area (Å²) in [5, 5.41) is 18.4. The van der Waals surface area contributed by atoms with Crippen LogP contribution in [0.15, 0.2) is 65.1 Å². The lowest BCUT2D eigenvalue weighted by Crippen LogP contribution is -1.95. The maximum Gasteiger partial charge on any atom is 0.186 e. The Balaban J connectivity index is 1.60. The topological polar surface area (TPSA) is 92.7 Å². The van der Waals surface area contributed by atoms with Gasteiger partial charge in [-0.1, -0.05) is 0 Å². The summed E-state index contributed by atoms with van der Waals surface area (Å²) < 4.78 is 16.2. The number of ketones is 1. The number of aromatic hydroxyl groups is 1. The molecule has 0 spiro atoms. The third-order valence-electron chi connectivity index (χ3n) is 3.91. The van der Waals surface area contributed by atoms with E-state index >= 15 is 0 Å². The van der Waals surface area contributed by atoms with E-state index in [-0.39, 0.29) is 23.9 Å². The second-order valence-electron chi connectivity index (χ2n) is 5.81. The van der Waals surface area contributed by atoms with Gasteiger partial charge in [0.05, 0.1) is 18.7 Å². The zero-order valence-corrected chi connectivity index (χ0v) is 15.1. The Hall–Kier alpha value is -3.98. The van der Waals surface area contributed by atoms with Crippen LogP contribution >= 0.6 is 0 Å². The minimum Gasteiger partial charge on any atom is -0.504 e. The van der Waals surface area contributed by atoms with Gasteiger partial charge in [0.1, 0.15) is 23.9 Å². The van der Waals surface area contributed by atoms with Gasteiger partial charge in [0.25, 0.3) is 0 Å². The highest BCUT2D eigenvalue weighted by molar-refractivity contribution is 6.07. The normalized spacial score (nSPS) is 10.6. The third kappa shape index (κ3) is 4.59. The van der Waals surface area contributed by atoms with E-state index in [9.17, 15) is 9.90 Å². The Morgan fingerprint density at radius 2 is 1.96 bits per heavy atom. The summed E-state index contributed by atoms with van der Waals surface area (Å²) >= 11 is 0. The van der Waals surface area contributed by atoms with Crippen molar-refractivity contribution in [1.82, 2.24) is 0 Å². The molecule has 0 aliphatic carbocycles. The number of carbonyl (C=O) groups excluding carboxylic acids is 1. The number of phenolic OH excluding ortho intramolecular Hbond substituents is 1. The number of furan rings is 1. The number of nitrogens with zero attached hydrogens (tertiary/aromatic N) is 1. The van der Waals surface area contributed by atoms with E-state index in [2.05, 4.69) is 0 Å². The van der Waals surface area contributed by atoms with Gasteiger partial charge in [-0.05, 0) is 66.7 Å². The molecular formula is C22H17NO5. The van der Waals surface area contributed by atoms with Crippen LogP contribution in [0, 0.1) is 11.3 Å². The fourth-order valence-electron chi connectivity index (χ4n) is 2.43. The molecule has 0 amide bonds. The van der Waals surface area contributed by atoms with Gasteiger partial charge in [-0.15, -0.1) is 0 Å². The van der Waals surface area contributed by atoms with Crippen LogP contribution in [0.5, 0.6) is 17.2 Å². The molecule has 3 rings (SSSR count). The predicted octanol–water partition coefficient (Wildman–Crippen LogP) is 4.34. The molecule has 0 atom stereocenters. The molecule has 2 aromatic carbocycles. The molecule has 6 heteroatoms. The standard InChI is InChI=1S/C22H17NO5/c1-26-22-12-16(4-10-21(22)25)20(24)11-9-18-7-8-19(28-18)14-27-17-5-2-15(13-23)3-6-17/h2-12,25H,14H2,1H3/b11-9+. The van der Waals surface area contributed by atoms with Crippen LogP contribution in [0.1, 0.15) is 27.4 Å². The number of benzene rings is 2. The summed E-state index contributed by atoms with van der Waals surface area (Å²) in [5.74, 6) is 1.70. The molecule has 1 N–H and O–H groups in total. The molecular weight excluding hydrogens is 358 g/mol. The van der Waals surface area contributed by atoms with E-state index in [1.165, 1.54) is 31.4 Å². The Labute approximate surface area is 161 Å². The highest BCUT2D eigenvalue weighted by atomic mass is 16.5. The van der Waals surface area contributed by atoms with Crippen LogP contribution < -0.4 is 9.47 Å². The molecule has 0 saturated carbocycles. The van der Waals surface area contributed by atoms with Crippen molar-refractivity contribution in [2.45, 2.75) is 6.61 Å². The van der Waals surface area contributed by atoms with Crippen molar-refractivity contribution < 1.29 is 23.8 Å². The van der Waals surface area contributed by atoms with Gasteiger partial charge >= 0.3 is 0 Å². The lowest BCUT2D eigenvalue weighted by atomic mass is 10.1. The molecule has 0 fully saturated rings. The van der Waals surface area contributed by atoms with Gasteiger partial charge in [-0.2, -0.15) is 5.26 Å². The number of nitriles is 1. The zero-order valence-electron chi connectivity index (χ0n) is 15.1. The molecule has 0 bridgehead atoms. The van der Waals surface area contributed by atoms with Gasteiger partial charge in [-0.3, -0.25) is 4.79 Å². The summed E-state index contributed by atoms with van der Waals surface area (Å²) in [6, 6.07) is 16.7. The highest BCUT2D eigenvalue weighted by Crippen LogP contribution is 2.26. The number of hydrogen-bond acceptors (Lipinski definition) is 6. The largest absolute Gasteiger partial charge is 0.504 e. The molecule has 1 heterocycles. The number of phenols is 1. The van der Waals surface area contributed by atoms with E-state index in [1.807, 2.05) is 6.07 Å². The van der Waals surface area contributed by atoms with Crippen molar-refractivity contribution >= 4 is 11.9 Å². The Morgan fingerprint density at radius 1 is 1.18 bits per heavy atom. The molecule has 0 aliphatic heterocycles. The Morgan fingerprint density at radius 3 is 2.68 bits per heavy atom. The third-order valence-corrected chi connectivity index (χ3v) is 3.91. The van der Waals surface area contributed by atoms with E-state index < -0.39 is 0 Å². The van der Waals surface area contributed by atoms with Gasteiger partial charge in [0.2, 0.25) is 0 Å². The maximum absolute atomic E-state index is 12.3. The quantitative estimate of drug-likeness (QED) is 0.488. The van der Waals surface area contributed by atoms with E-state index in [4.69, 9.17) is 19.2 Å². The van der Waals surface area contributed by atoms with Crippen molar-refractivity contribution in [1.29, 1.82) is 5.26 Å². The molecule has 28 heavy (non-hydrogen) atoms. The summed E-state index contributed by atoms with van der Waals surface area (Å²) in [6.07, 6.45) is 2.95. The van der Waals surface area contributed by atoms with Crippen molar-refractivity contribution in [3.8, 4) is 23.3 Å². The van der Waals surface area contributed by atoms with Crippen molar-refractivity contribution in [3.63, 3.8) is 0 Å². The molecule has 6 nitrogen and oxygen atoms in total.